The molecule has 3 aliphatic heterocycles. The highest BCUT2D eigenvalue weighted by Gasteiger charge is 2.50. The lowest BCUT2D eigenvalue weighted by Crippen LogP contribution is -2.67. The summed E-state index contributed by atoms with van der Waals surface area (Å²) in [5.74, 6) is 0.00598. The van der Waals surface area contributed by atoms with E-state index in [1.165, 1.54) is 20.7 Å². The van der Waals surface area contributed by atoms with Gasteiger partial charge in [-0.1, -0.05) is 29.8 Å². The molecule has 2 aromatic heterocycles. The Kier molecular flexibility index (Phi) is 6.91. The zero-order valence-corrected chi connectivity index (χ0v) is 27.9. The van der Waals surface area contributed by atoms with Crippen LogP contribution in [0.3, 0.4) is 0 Å². The van der Waals surface area contributed by atoms with E-state index in [2.05, 4.69) is 31.0 Å². The molecule has 0 radical (unpaired) electrons. The number of ether oxygens (including phenoxy) is 1. The van der Waals surface area contributed by atoms with Crippen molar-refractivity contribution < 1.29 is 17.9 Å². The number of aryl methyl sites for hydroxylation is 3. The van der Waals surface area contributed by atoms with E-state index in [1.807, 2.05) is 36.9 Å². The third-order valence-corrected chi connectivity index (χ3v) is 11.7. The number of benzene rings is 3. The van der Waals surface area contributed by atoms with Crippen LogP contribution in [-0.4, -0.2) is 78.0 Å². The Bertz CT molecular complexity index is 2190. The highest BCUT2D eigenvalue weighted by atomic mass is 32.2. The molecule has 0 atom stereocenters. The Morgan fingerprint density at radius 1 is 0.936 bits per heavy atom. The Morgan fingerprint density at radius 2 is 1.68 bits per heavy atom. The number of carbonyl (C=O) groups excluding carboxylic acids is 1. The lowest BCUT2D eigenvalue weighted by Gasteiger charge is -2.55. The predicted octanol–water partition coefficient (Wildman–Crippen LogP) is 5.39. The third-order valence-electron chi connectivity index (χ3n) is 10.0. The number of amides is 1. The Labute approximate surface area is 274 Å². The van der Waals surface area contributed by atoms with Crippen LogP contribution in [0.1, 0.15) is 38.2 Å². The summed E-state index contributed by atoms with van der Waals surface area (Å²) < 4.78 is 34.7. The minimum atomic E-state index is -3.98. The normalized spacial score (nSPS) is 17.4. The van der Waals surface area contributed by atoms with Gasteiger partial charge < -0.3 is 14.5 Å². The molecule has 240 valence electrons. The number of hydrogen-bond acceptors (Lipinski definition) is 7. The zero-order valence-electron chi connectivity index (χ0n) is 27.1. The number of likely N-dealkylation sites (tertiary alicyclic amines) is 1. The van der Waals surface area contributed by atoms with E-state index in [1.54, 1.807) is 36.7 Å². The topological polar surface area (TPSA) is 97.6 Å². The van der Waals surface area contributed by atoms with Crippen LogP contribution in [0.2, 0.25) is 0 Å². The van der Waals surface area contributed by atoms with Crippen molar-refractivity contribution in [3.63, 3.8) is 0 Å². The maximum Gasteiger partial charge on any atom is 0.269 e. The summed E-state index contributed by atoms with van der Waals surface area (Å²) in [6.45, 7) is 10.8. The minimum absolute atomic E-state index is 0.00598. The molecular weight excluding hydrogens is 611 g/mol. The fourth-order valence-corrected chi connectivity index (χ4v) is 8.57. The molecule has 47 heavy (non-hydrogen) atoms. The molecule has 0 unspecified atom stereocenters. The summed E-state index contributed by atoms with van der Waals surface area (Å²) in [5, 5.41) is 0. The van der Waals surface area contributed by atoms with Crippen molar-refractivity contribution in [2.24, 2.45) is 5.41 Å². The van der Waals surface area contributed by atoms with Crippen molar-refractivity contribution in [3.05, 3.63) is 100 Å². The highest BCUT2D eigenvalue weighted by Crippen LogP contribution is 2.39. The molecule has 1 amide bonds. The first-order valence-electron chi connectivity index (χ1n) is 16.0. The fourth-order valence-electron chi connectivity index (χ4n) is 7.25. The first-order chi connectivity index (χ1) is 22.5. The van der Waals surface area contributed by atoms with Gasteiger partial charge in [0.25, 0.3) is 15.9 Å². The molecule has 8 rings (SSSR count). The van der Waals surface area contributed by atoms with E-state index in [0.29, 0.717) is 35.4 Å². The van der Waals surface area contributed by atoms with Gasteiger partial charge in [0.05, 0.1) is 35.4 Å². The summed E-state index contributed by atoms with van der Waals surface area (Å²) in [7, 11) is -1.85. The summed E-state index contributed by atoms with van der Waals surface area (Å²) in [5.41, 5.74) is 10.2. The minimum Gasteiger partial charge on any atom is -0.380 e. The van der Waals surface area contributed by atoms with Crippen LogP contribution in [0, 0.1) is 26.2 Å². The number of fused-ring (bicyclic) bond motifs is 2. The van der Waals surface area contributed by atoms with Crippen LogP contribution in [0.15, 0.2) is 71.9 Å². The van der Waals surface area contributed by atoms with Gasteiger partial charge in [-0.25, -0.2) is 22.4 Å². The number of hydrogen-bond donors (Lipinski definition) is 0. The molecule has 3 aromatic carbocycles. The lowest BCUT2D eigenvalue weighted by atomic mass is 9.77. The van der Waals surface area contributed by atoms with E-state index < -0.39 is 10.0 Å². The Morgan fingerprint density at radius 3 is 2.38 bits per heavy atom. The summed E-state index contributed by atoms with van der Waals surface area (Å²) in [6, 6.07) is 16.8. The SMILES string of the molecule is Cc1ccc(S(=O)(=O)n2cc(-c3ccc(C(=O)N4CC5(COC5)C4)c(C)c3)c3nc(-c4cc(C)c5c(c4)CN(C)CC5)cnc32)cc1. The maximum atomic E-state index is 14.0. The van der Waals surface area contributed by atoms with Gasteiger partial charge in [0.15, 0.2) is 5.65 Å². The summed E-state index contributed by atoms with van der Waals surface area (Å²) in [4.78, 5) is 27.6. The molecule has 0 bridgehead atoms. The molecule has 9 nitrogen and oxygen atoms in total. The van der Waals surface area contributed by atoms with Crippen molar-refractivity contribution >= 4 is 27.1 Å². The third kappa shape index (κ3) is 4.97. The molecule has 1 spiro atoms. The van der Waals surface area contributed by atoms with Gasteiger partial charge in [-0.05, 0) is 92.4 Å². The predicted molar refractivity (Wildman–Crippen MR) is 181 cm³/mol. The number of carbonyl (C=O) groups is 1. The van der Waals surface area contributed by atoms with Gasteiger partial charge in [0, 0.05) is 49.1 Å². The molecule has 2 saturated heterocycles. The molecule has 3 aliphatic rings. The number of aromatic nitrogens is 3. The van der Waals surface area contributed by atoms with Crippen LogP contribution in [-0.2, 0) is 27.7 Å². The van der Waals surface area contributed by atoms with Crippen molar-refractivity contribution in [3.8, 4) is 22.4 Å². The first-order valence-corrected chi connectivity index (χ1v) is 17.5. The number of nitrogens with zero attached hydrogens (tertiary/aromatic N) is 5. The van der Waals surface area contributed by atoms with Gasteiger partial charge in [0.1, 0.15) is 5.52 Å². The maximum absolute atomic E-state index is 14.0. The number of rotatable bonds is 5. The highest BCUT2D eigenvalue weighted by molar-refractivity contribution is 7.90. The van der Waals surface area contributed by atoms with E-state index in [0.717, 1.165) is 55.0 Å². The van der Waals surface area contributed by atoms with E-state index in [9.17, 15) is 13.2 Å². The summed E-state index contributed by atoms with van der Waals surface area (Å²) in [6.07, 6.45) is 4.29. The average Bonchev–Trinajstić information content (AvgIpc) is 3.39. The second kappa shape index (κ2) is 10.8. The molecule has 0 saturated carbocycles. The average molecular weight is 648 g/mol. The summed E-state index contributed by atoms with van der Waals surface area (Å²) >= 11 is 0. The molecule has 5 aromatic rings. The zero-order chi connectivity index (χ0) is 32.7. The second-order valence-corrected chi connectivity index (χ2v) is 15.5. The monoisotopic (exact) mass is 647 g/mol. The van der Waals surface area contributed by atoms with Gasteiger partial charge >= 0.3 is 0 Å². The van der Waals surface area contributed by atoms with Crippen molar-refractivity contribution in [1.82, 2.24) is 23.7 Å². The quantitative estimate of drug-likeness (QED) is 0.253. The molecule has 10 heteroatoms. The largest absolute Gasteiger partial charge is 0.380 e. The van der Waals surface area contributed by atoms with Crippen LogP contribution >= 0.6 is 0 Å². The second-order valence-electron chi connectivity index (χ2n) is 13.7. The number of likely N-dealkylation sites (N-methyl/N-ethyl adjacent to an activating group) is 1. The van der Waals surface area contributed by atoms with Crippen LogP contribution in [0.25, 0.3) is 33.5 Å². The van der Waals surface area contributed by atoms with Gasteiger partial charge in [-0.3, -0.25) is 4.79 Å². The Balaban J connectivity index is 1.24. The van der Waals surface area contributed by atoms with Crippen LogP contribution in [0.4, 0.5) is 0 Å². The fraction of sp³-hybridized carbons (Fsp3) is 0.324. The standard InChI is InChI=1S/C37H37N5O4S/c1-23-5-8-29(9-6-23)47(44,45)42-18-32(26-7-10-31(25(3)13-26)36(43)41-19-37(20-41)21-46-22-37)34-35(42)38-16-33(39-34)27-14-24(2)30-11-12-40(4)17-28(30)15-27/h5-10,13-16,18H,11-12,17,19-22H2,1-4H3. The molecule has 0 N–H and O–H groups in total. The van der Waals surface area contributed by atoms with E-state index >= 15 is 0 Å². The first kappa shape index (κ1) is 30.0. The molecule has 2 fully saturated rings. The van der Waals surface area contributed by atoms with Crippen molar-refractivity contribution in [1.29, 1.82) is 0 Å². The lowest BCUT2D eigenvalue weighted by molar-refractivity contribution is -0.176. The molecule has 5 heterocycles. The smallest absolute Gasteiger partial charge is 0.269 e. The van der Waals surface area contributed by atoms with Crippen molar-refractivity contribution in [2.45, 2.75) is 38.6 Å². The van der Waals surface area contributed by atoms with Gasteiger partial charge in [-0.2, -0.15) is 0 Å². The molecule has 0 aliphatic carbocycles. The molecular formula is C37H37N5O4S. The van der Waals surface area contributed by atoms with E-state index in [-0.39, 0.29) is 21.9 Å². The van der Waals surface area contributed by atoms with E-state index in [4.69, 9.17) is 14.7 Å². The van der Waals surface area contributed by atoms with Crippen LogP contribution in [0.5, 0.6) is 0 Å². The van der Waals surface area contributed by atoms with Gasteiger partial charge in [0.2, 0.25) is 0 Å². The van der Waals surface area contributed by atoms with Crippen LogP contribution < -0.4 is 0 Å². The van der Waals surface area contributed by atoms with Gasteiger partial charge in [-0.15, -0.1) is 0 Å². The van der Waals surface area contributed by atoms with Crippen molar-refractivity contribution in [2.75, 3.05) is 39.9 Å². The Hall–Kier alpha value is -4.38.